The fourth-order valence-corrected chi connectivity index (χ4v) is 2.20. The maximum Gasteiger partial charge on any atom is 0.237 e. The molecule has 1 rings (SSSR count). The Morgan fingerprint density at radius 3 is 2.53 bits per heavy atom. The Balaban J connectivity index is 2.59. The highest BCUT2D eigenvalue weighted by Crippen LogP contribution is 2.26. The van der Waals surface area contributed by atoms with E-state index in [4.69, 9.17) is 0 Å². The quantitative estimate of drug-likeness (QED) is 0.811. The predicted octanol–water partition coefficient (Wildman–Crippen LogP) is 1.81. The molecule has 1 aromatic carbocycles. The average Bonchev–Trinajstić information content (AvgIpc) is 2.38. The number of rotatable bonds is 6. The monoisotopic (exact) mass is 252 g/mol. The molecule has 1 aromatic rings. The second kappa shape index (κ2) is 7.35. The van der Waals surface area contributed by atoms with E-state index in [1.165, 1.54) is 0 Å². The molecule has 0 heterocycles. The molecule has 0 aromatic heterocycles. The van der Waals surface area contributed by atoms with Gasteiger partial charge in [0.05, 0.1) is 0 Å². The van der Waals surface area contributed by atoms with Crippen LogP contribution in [0.3, 0.4) is 0 Å². The minimum absolute atomic E-state index is 0.0748. The number of nitrogens with one attached hydrogen (secondary N) is 2. The zero-order valence-electron chi connectivity index (χ0n) is 10.6. The van der Waals surface area contributed by atoms with Crippen molar-refractivity contribution in [2.75, 3.05) is 19.8 Å². The normalized spacial score (nSPS) is 14.1. The van der Waals surface area contributed by atoms with Crippen LogP contribution < -0.4 is 10.6 Å². The van der Waals surface area contributed by atoms with Gasteiger partial charge in [0.1, 0.15) is 5.25 Å². The number of carbonyl (C=O) groups excluding carboxylic acids is 1. The lowest BCUT2D eigenvalue weighted by molar-refractivity contribution is -0.120. The van der Waals surface area contributed by atoms with E-state index in [2.05, 4.69) is 10.6 Å². The van der Waals surface area contributed by atoms with Gasteiger partial charge in [-0.3, -0.25) is 4.79 Å². The van der Waals surface area contributed by atoms with Crippen LogP contribution in [-0.4, -0.2) is 31.8 Å². The van der Waals surface area contributed by atoms with Crippen LogP contribution in [0, 0.1) is 0 Å². The summed E-state index contributed by atoms with van der Waals surface area (Å²) >= 11 is 1.56. The van der Waals surface area contributed by atoms with Crippen LogP contribution in [-0.2, 0) is 4.79 Å². The molecule has 0 saturated carbocycles. The van der Waals surface area contributed by atoms with Gasteiger partial charge in [0.25, 0.3) is 0 Å². The molecule has 17 heavy (non-hydrogen) atoms. The SMILES string of the molecule is CNC(C)CNC(=O)C(SC)c1ccccc1. The molecule has 2 N–H and O–H groups in total. The van der Waals surface area contributed by atoms with E-state index >= 15 is 0 Å². The van der Waals surface area contributed by atoms with Gasteiger partial charge in [0, 0.05) is 12.6 Å². The number of benzene rings is 1. The van der Waals surface area contributed by atoms with Crippen LogP contribution in [0.15, 0.2) is 30.3 Å². The molecular formula is C13H20N2OS. The molecule has 1 amide bonds. The first-order valence-corrected chi connectivity index (χ1v) is 7.00. The number of hydrogen-bond donors (Lipinski definition) is 2. The van der Waals surface area contributed by atoms with E-state index < -0.39 is 0 Å². The van der Waals surface area contributed by atoms with Crippen molar-refractivity contribution in [3.63, 3.8) is 0 Å². The number of carbonyl (C=O) groups is 1. The van der Waals surface area contributed by atoms with Crippen LogP contribution in [0.25, 0.3) is 0 Å². The van der Waals surface area contributed by atoms with Crippen LogP contribution in [0.2, 0.25) is 0 Å². The fourth-order valence-electron chi connectivity index (χ4n) is 1.47. The fraction of sp³-hybridized carbons (Fsp3) is 0.462. The van der Waals surface area contributed by atoms with Crippen molar-refractivity contribution < 1.29 is 4.79 Å². The summed E-state index contributed by atoms with van der Waals surface area (Å²) in [4.78, 5) is 12.0. The van der Waals surface area contributed by atoms with Gasteiger partial charge in [-0.1, -0.05) is 30.3 Å². The Kier molecular flexibility index (Phi) is 6.08. The standard InChI is InChI=1S/C13H20N2OS/c1-10(14-2)9-15-13(16)12(17-3)11-7-5-4-6-8-11/h4-8,10,12,14H,9H2,1-3H3,(H,15,16). The molecule has 3 nitrogen and oxygen atoms in total. The molecule has 0 bridgehead atoms. The summed E-state index contributed by atoms with van der Waals surface area (Å²) in [6.07, 6.45) is 1.96. The Labute approximate surface area is 107 Å². The molecule has 2 atom stereocenters. The predicted molar refractivity (Wildman–Crippen MR) is 74.2 cm³/mol. The van der Waals surface area contributed by atoms with E-state index in [-0.39, 0.29) is 17.2 Å². The first-order valence-electron chi connectivity index (χ1n) is 5.71. The van der Waals surface area contributed by atoms with E-state index in [0.29, 0.717) is 6.54 Å². The molecular weight excluding hydrogens is 232 g/mol. The van der Waals surface area contributed by atoms with Crippen molar-refractivity contribution in [2.45, 2.75) is 18.2 Å². The third-order valence-corrected chi connectivity index (χ3v) is 3.61. The van der Waals surface area contributed by atoms with Crippen LogP contribution in [0.5, 0.6) is 0 Å². The van der Waals surface area contributed by atoms with Gasteiger partial charge in [0.2, 0.25) is 5.91 Å². The van der Waals surface area contributed by atoms with Gasteiger partial charge in [0.15, 0.2) is 0 Å². The Morgan fingerprint density at radius 2 is 2.00 bits per heavy atom. The molecule has 94 valence electrons. The van der Waals surface area contributed by atoms with Crippen molar-refractivity contribution in [3.8, 4) is 0 Å². The molecule has 0 aliphatic rings. The Bertz CT molecular complexity index is 343. The third kappa shape index (κ3) is 4.40. The lowest BCUT2D eigenvalue weighted by Crippen LogP contribution is -2.38. The maximum absolute atomic E-state index is 12.0. The summed E-state index contributed by atoms with van der Waals surface area (Å²) < 4.78 is 0. The van der Waals surface area contributed by atoms with Crippen molar-refractivity contribution in [1.29, 1.82) is 0 Å². The average molecular weight is 252 g/mol. The van der Waals surface area contributed by atoms with Gasteiger partial charge < -0.3 is 10.6 Å². The lowest BCUT2D eigenvalue weighted by atomic mass is 10.1. The van der Waals surface area contributed by atoms with Crippen molar-refractivity contribution >= 4 is 17.7 Å². The molecule has 0 radical (unpaired) electrons. The second-order valence-corrected chi connectivity index (χ2v) is 4.90. The first kappa shape index (κ1) is 14.1. The van der Waals surface area contributed by atoms with Gasteiger partial charge in [-0.05, 0) is 25.8 Å². The number of likely N-dealkylation sites (N-methyl/N-ethyl adjacent to an activating group) is 1. The van der Waals surface area contributed by atoms with E-state index in [1.807, 2.05) is 50.6 Å². The zero-order chi connectivity index (χ0) is 12.7. The van der Waals surface area contributed by atoms with Crippen LogP contribution in [0.1, 0.15) is 17.7 Å². The van der Waals surface area contributed by atoms with Gasteiger partial charge in [-0.2, -0.15) is 0 Å². The van der Waals surface area contributed by atoms with Gasteiger partial charge in [-0.15, -0.1) is 11.8 Å². The molecule has 2 unspecified atom stereocenters. The van der Waals surface area contributed by atoms with Crippen molar-refractivity contribution in [1.82, 2.24) is 10.6 Å². The van der Waals surface area contributed by atoms with Crippen molar-refractivity contribution in [2.24, 2.45) is 0 Å². The molecule has 0 aliphatic heterocycles. The Hall–Kier alpha value is -1.00. The first-order chi connectivity index (χ1) is 8.19. The number of hydrogen-bond acceptors (Lipinski definition) is 3. The lowest BCUT2D eigenvalue weighted by Gasteiger charge is -2.17. The molecule has 0 saturated heterocycles. The smallest absolute Gasteiger partial charge is 0.237 e. The number of amides is 1. The minimum atomic E-state index is -0.125. The van der Waals surface area contributed by atoms with Crippen molar-refractivity contribution in [3.05, 3.63) is 35.9 Å². The minimum Gasteiger partial charge on any atom is -0.353 e. The highest BCUT2D eigenvalue weighted by Gasteiger charge is 2.18. The maximum atomic E-state index is 12.0. The summed E-state index contributed by atoms with van der Waals surface area (Å²) in [6.45, 7) is 2.69. The van der Waals surface area contributed by atoms with Crippen LogP contribution >= 0.6 is 11.8 Å². The summed E-state index contributed by atoms with van der Waals surface area (Å²) in [5.74, 6) is 0.0748. The zero-order valence-corrected chi connectivity index (χ0v) is 11.4. The summed E-state index contributed by atoms with van der Waals surface area (Å²) in [7, 11) is 1.89. The second-order valence-electron chi connectivity index (χ2n) is 3.96. The summed E-state index contributed by atoms with van der Waals surface area (Å²) in [5, 5.41) is 5.93. The third-order valence-electron chi connectivity index (χ3n) is 2.65. The van der Waals surface area contributed by atoms with Gasteiger partial charge in [-0.25, -0.2) is 0 Å². The van der Waals surface area contributed by atoms with Gasteiger partial charge >= 0.3 is 0 Å². The summed E-state index contributed by atoms with van der Waals surface area (Å²) in [5.41, 5.74) is 1.05. The van der Waals surface area contributed by atoms with E-state index in [1.54, 1.807) is 11.8 Å². The summed E-state index contributed by atoms with van der Waals surface area (Å²) in [6, 6.07) is 10.1. The molecule has 4 heteroatoms. The topological polar surface area (TPSA) is 41.1 Å². The van der Waals surface area contributed by atoms with E-state index in [9.17, 15) is 4.79 Å². The molecule has 0 fully saturated rings. The molecule has 0 spiro atoms. The highest BCUT2D eigenvalue weighted by atomic mass is 32.2. The Morgan fingerprint density at radius 1 is 1.35 bits per heavy atom. The molecule has 0 aliphatic carbocycles. The largest absolute Gasteiger partial charge is 0.353 e. The highest BCUT2D eigenvalue weighted by molar-refractivity contribution is 7.99. The number of thioether (sulfide) groups is 1. The van der Waals surface area contributed by atoms with E-state index in [0.717, 1.165) is 5.56 Å². The van der Waals surface area contributed by atoms with Crippen LogP contribution in [0.4, 0.5) is 0 Å².